The average Bonchev–Trinajstić information content (AvgIpc) is 2.80. The summed E-state index contributed by atoms with van der Waals surface area (Å²) in [5, 5.41) is 8.72. The molecular formula is C11H11N3O3. The molecule has 0 radical (unpaired) electrons. The molecule has 0 saturated heterocycles. The third-order valence-electron chi connectivity index (χ3n) is 2.40. The van der Waals surface area contributed by atoms with Gasteiger partial charge in [-0.1, -0.05) is 0 Å². The fourth-order valence-corrected chi connectivity index (χ4v) is 1.47. The highest BCUT2D eigenvalue weighted by molar-refractivity contribution is 5.87. The summed E-state index contributed by atoms with van der Waals surface area (Å²) in [5.74, 6) is -1.09. The van der Waals surface area contributed by atoms with Crippen molar-refractivity contribution in [2.45, 2.75) is 13.1 Å². The Labute approximate surface area is 96.8 Å². The lowest BCUT2D eigenvalue weighted by atomic mass is 10.3. The number of aryl methyl sites for hydroxylation is 2. The van der Waals surface area contributed by atoms with Gasteiger partial charge in [0.25, 0.3) is 5.56 Å². The lowest BCUT2D eigenvalue weighted by Crippen LogP contribution is -2.22. The van der Waals surface area contributed by atoms with Gasteiger partial charge in [-0.2, -0.15) is 0 Å². The van der Waals surface area contributed by atoms with Crippen LogP contribution in [0.15, 0.2) is 41.8 Å². The molecule has 2 rings (SSSR count). The minimum absolute atomic E-state index is 0.00822. The Morgan fingerprint density at radius 1 is 1.35 bits per heavy atom. The van der Waals surface area contributed by atoms with Gasteiger partial charge in [0.1, 0.15) is 0 Å². The molecule has 6 heteroatoms. The van der Waals surface area contributed by atoms with E-state index in [-0.39, 0.29) is 11.1 Å². The van der Waals surface area contributed by atoms with Crippen LogP contribution in [0.2, 0.25) is 0 Å². The number of pyridine rings is 1. The molecule has 0 aromatic carbocycles. The smallest absolute Gasteiger partial charge is 0.335 e. The number of rotatable bonds is 4. The molecule has 2 aromatic rings. The molecule has 2 heterocycles. The van der Waals surface area contributed by atoms with Crippen molar-refractivity contribution in [3.05, 3.63) is 53.0 Å². The summed E-state index contributed by atoms with van der Waals surface area (Å²) in [6.45, 7) is 1.10. The maximum atomic E-state index is 11.6. The highest BCUT2D eigenvalue weighted by Gasteiger charge is 2.04. The largest absolute Gasteiger partial charge is 0.478 e. The highest BCUT2D eigenvalue weighted by atomic mass is 16.4. The summed E-state index contributed by atoms with van der Waals surface area (Å²) in [5.41, 5.74) is -0.307. The lowest BCUT2D eigenvalue weighted by Gasteiger charge is -2.06. The van der Waals surface area contributed by atoms with Crippen LogP contribution >= 0.6 is 0 Å². The molecule has 0 spiro atoms. The van der Waals surface area contributed by atoms with E-state index in [0.717, 1.165) is 6.07 Å². The van der Waals surface area contributed by atoms with Gasteiger partial charge >= 0.3 is 5.97 Å². The quantitative estimate of drug-likeness (QED) is 0.831. The maximum Gasteiger partial charge on any atom is 0.335 e. The van der Waals surface area contributed by atoms with Crippen molar-refractivity contribution in [3.8, 4) is 0 Å². The molecule has 88 valence electrons. The van der Waals surface area contributed by atoms with Gasteiger partial charge in [-0.25, -0.2) is 9.78 Å². The number of aromatic carboxylic acids is 1. The van der Waals surface area contributed by atoms with Crippen LogP contribution in [0.4, 0.5) is 0 Å². The summed E-state index contributed by atoms with van der Waals surface area (Å²) in [6.07, 6.45) is 6.62. The van der Waals surface area contributed by atoms with Gasteiger partial charge in [0.15, 0.2) is 0 Å². The number of carboxylic acid groups (broad SMARTS) is 1. The van der Waals surface area contributed by atoms with E-state index in [2.05, 4.69) is 4.98 Å². The Morgan fingerprint density at radius 3 is 2.76 bits per heavy atom. The first-order valence-corrected chi connectivity index (χ1v) is 5.06. The molecule has 0 saturated carbocycles. The molecule has 0 unspecified atom stereocenters. The fourth-order valence-electron chi connectivity index (χ4n) is 1.47. The number of nitrogens with zero attached hydrogens (tertiary/aromatic N) is 3. The number of imidazole rings is 1. The third kappa shape index (κ3) is 2.60. The predicted octanol–water partition coefficient (Wildman–Crippen LogP) is 0.443. The molecule has 0 bridgehead atoms. The van der Waals surface area contributed by atoms with Crippen molar-refractivity contribution >= 4 is 5.97 Å². The molecule has 0 aliphatic rings. The van der Waals surface area contributed by atoms with Crippen molar-refractivity contribution in [2.24, 2.45) is 0 Å². The molecule has 2 aromatic heterocycles. The Bertz CT molecular complexity index is 572. The second-order valence-electron chi connectivity index (χ2n) is 3.55. The topological polar surface area (TPSA) is 77.1 Å². The summed E-state index contributed by atoms with van der Waals surface area (Å²) < 4.78 is 3.31. The van der Waals surface area contributed by atoms with E-state index in [0.29, 0.717) is 13.1 Å². The first kappa shape index (κ1) is 11.1. The Hall–Kier alpha value is -2.37. The Kier molecular flexibility index (Phi) is 3.04. The van der Waals surface area contributed by atoms with Crippen LogP contribution in [-0.2, 0) is 13.1 Å². The van der Waals surface area contributed by atoms with E-state index in [4.69, 9.17) is 5.11 Å². The molecule has 0 atom stereocenters. The van der Waals surface area contributed by atoms with Crippen LogP contribution in [0.5, 0.6) is 0 Å². The summed E-state index contributed by atoms with van der Waals surface area (Å²) >= 11 is 0. The summed E-state index contributed by atoms with van der Waals surface area (Å²) in [7, 11) is 0. The first-order chi connectivity index (χ1) is 8.16. The standard InChI is InChI=1S/C11H11N3O3/c15-10-7-9(11(16)17)1-3-14(10)6-5-13-4-2-12-8-13/h1-4,7-8H,5-6H2,(H,16,17). The van der Waals surface area contributed by atoms with Crippen molar-refractivity contribution in [1.29, 1.82) is 0 Å². The van der Waals surface area contributed by atoms with Crippen LogP contribution in [0.1, 0.15) is 10.4 Å². The van der Waals surface area contributed by atoms with Gasteiger partial charge < -0.3 is 14.2 Å². The van der Waals surface area contributed by atoms with Gasteiger partial charge in [0.05, 0.1) is 11.9 Å². The summed E-state index contributed by atoms with van der Waals surface area (Å²) in [4.78, 5) is 26.1. The van der Waals surface area contributed by atoms with E-state index in [1.807, 2.05) is 4.57 Å². The number of carboxylic acids is 1. The van der Waals surface area contributed by atoms with Gasteiger partial charge in [0, 0.05) is 37.7 Å². The van der Waals surface area contributed by atoms with Crippen molar-refractivity contribution in [2.75, 3.05) is 0 Å². The minimum Gasteiger partial charge on any atom is -0.478 e. The van der Waals surface area contributed by atoms with Crippen molar-refractivity contribution in [3.63, 3.8) is 0 Å². The Balaban J connectivity index is 2.12. The molecule has 6 nitrogen and oxygen atoms in total. The second-order valence-corrected chi connectivity index (χ2v) is 3.55. The number of hydrogen-bond acceptors (Lipinski definition) is 3. The van der Waals surface area contributed by atoms with Crippen molar-refractivity contribution in [1.82, 2.24) is 14.1 Å². The fraction of sp³-hybridized carbons (Fsp3) is 0.182. The minimum atomic E-state index is -1.09. The van der Waals surface area contributed by atoms with Crippen molar-refractivity contribution < 1.29 is 9.90 Å². The van der Waals surface area contributed by atoms with Gasteiger partial charge in [-0.15, -0.1) is 0 Å². The van der Waals surface area contributed by atoms with Gasteiger partial charge in [-0.05, 0) is 6.07 Å². The van der Waals surface area contributed by atoms with E-state index in [9.17, 15) is 9.59 Å². The first-order valence-electron chi connectivity index (χ1n) is 5.06. The molecule has 0 fully saturated rings. The highest BCUT2D eigenvalue weighted by Crippen LogP contribution is 1.95. The third-order valence-corrected chi connectivity index (χ3v) is 2.40. The van der Waals surface area contributed by atoms with Gasteiger partial charge in [-0.3, -0.25) is 4.79 Å². The van der Waals surface area contributed by atoms with E-state index in [1.165, 1.54) is 16.8 Å². The molecule has 0 amide bonds. The van der Waals surface area contributed by atoms with E-state index in [1.54, 1.807) is 18.7 Å². The number of aromatic nitrogens is 3. The Morgan fingerprint density at radius 2 is 2.18 bits per heavy atom. The average molecular weight is 233 g/mol. The predicted molar refractivity (Wildman–Crippen MR) is 59.9 cm³/mol. The molecular weight excluding hydrogens is 222 g/mol. The van der Waals surface area contributed by atoms with Crippen LogP contribution in [-0.4, -0.2) is 25.2 Å². The molecule has 0 aliphatic carbocycles. The van der Waals surface area contributed by atoms with Crippen LogP contribution in [0, 0.1) is 0 Å². The van der Waals surface area contributed by atoms with Crippen LogP contribution < -0.4 is 5.56 Å². The maximum absolute atomic E-state index is 11.6. The zero-order valence-corrected chi connectivity index (χ0v) is 8.98. The summed E-state index contributed by atoms with van der Waals surface area (Å²) in [6, 6.07) is 2.54. The number of carbonyl (C=O) groups is 1. The number of hydrogen-bond donors (Lipinski definition) is 1. The normalized spacial score (nSPS) is 10.4. The monoisotopic (exact) mass is 233 g/mol. The van der Waals surface area contributed by atoms with Gasteiger partial charge in [0.2, 0.25) is 0 Å². The van der Waals surface area contributed by atoms with E-state index < -0.39 is 5.97 Å². The van der Waals surface area contributed by atoms with Crippen LogP contribution in [0.3, 0.4) is 0 Å². The molecule has 17 heavy (non-hydrogen) atoms. The lowest BCUT2D eigenvalue weighted by molar-refractivity contribution is 0.0696. The zero-order chi connectivity index (χ0) is 12.3. The zero-order valence-electron chi connectivity index (χ0n) is 8.98. The second kappa shape index (κ2) is 4.65. The molecule has 1 N–H and O–H groups in total. The van der Waals surface area contributed by atoms with E-state index >= 15 is 0 Å². The van der Waals surface area contributed by atoms with Crippen LogP contribution in [0.25, 0.3) is 0 Å². The molecule has 0 aliphatic heterocycles. The SMILES string of the molecule is O=C(O)c1ccn(CCn2ccnc2)c(=O)c1.